The fourth-order valence-electron chi connectivity index (χ4n) is 2.49. The molecule has 1 unspecified atom stereocenters. The molecule has 1 aliphatic carbocycles. The van der Waals surface area contributed by atoms with Crippen LogP contribution in [0.1, 0.15) is 23.6 Å². The summed E-state index contributed by atoms with van der Waals surface area (Å²) in [6, 6.07) is 17.8. The Bertz CT molecular complexity index is 627. The van der Waals surface area contributed by atoms with E-state index in [1.165, 1.54) is 0 Å². The van der Waals surface area contributed by atoms with E-state index in [9.17, 15) is 5.11 Å². The topological polar surface area (TPSA) is 20.2 Å². The molecular weight excluding hydrogens is 244 g/mol. The van der Waals surface area contributed by atoms with Gasteiger partial charge in [0.1, 0.15) is 5.60 Å². The number of fused-ring (bicyclic) bond motifs is 1. The lowest BCUT2D eigenvalue weighted by Crippen LogP contribution is -2.18. The van der Waals surface area contributed by atoms with E-state index in [4.69, 9.17) is 11.6 Å². The highest BCUT2D eigenvalue weighted by atomic mass is 35.5. The van der Waals surface area contributed by atoms with Gasteiger partial charge in [-0.15, -0.1) is 0 Å². The van der Waals surface area contributed by atoms with Crippen LogP contribution < -0.4 is 0 Å². The monoisotopic (exact) mass is 256 g/mol. The Morgan fingerprint density at radius 2 is 1.56 bits per heavy atom. The summed E-state index contributed by atoms with van der Waals surface area (Å²) >= 11 is 6.40. The molecule has 0 amide bonds. The molecule has 1 atom stereocenters. The Kier molecular flexibility index (Phi) is 2.54. The van der Waals surface area contributed by atoms with Crippen molar-refractivity contribution in [3.63, 3.8) is 0 Å². The van der Waals surface area contributed by atoms with Crippen LogP contribution in [0.15, 0.2) is 59.6 Å². The summed E-state index contributed by atoms with van der Waals surface area (Å²) in [4.78, 5) is 0. The largest absolute Gasteiger partial charge is 0.380 e. The first-order valence-corrected chi connectivity index (χ1v) is 6.28. The van der Waals surface area contributed by atoms with Gasteiger partial charge in [0.25, 0.3) is 0 Å². The van der Waals surface area contributed by atoms with Crippen molar-refractivity contribution in [2.24, 2.45) is 0 Å². The Morgan fingerprint density at radius 3 is 2.28 bits per heavy atom. The molecule has 3 rings (SSSR count). The van der Waals surface area contributed by atoms with E-state index in [1.54, 1.807) is 6.92 Å². The third kappa shape index (κ3) is 1.52. The molecule has 0 saturated carbocycles. The van der Waals surface area contributed by atoms with Gasteiger partial charge in [-0.2, -0.15) is 0 Å². The lowest BCUT2D eigenvalue weighted by molar-refractivity contribution is 0.110. The van der Waals surface area contributed by atoms with Crippen LogP contribution in [0.3, 0.4) is 0 Å². The minimum Gasteiger partial charge on any atom is -0.380 e. The van der Waals surface area contributed by atoms with Crippen LogP contribution in [0.2, 0.25) is 0 Å². The van der Waals surface area contributed by atoms with E-state index in [0.717, 1.165) is 22.3 Å². The molecule has 0 heterocycles. The molecule has 0 aromatic heterocycles. The quantitative estimate of drug-likeness (QED) is 0.820. The van der Waals surface area contributed by atoms with Crippen molar-refractivity contribution in [2.45, 2.75) is 12.5 Å². The van der Waals surface area contributed by atoms with Gasteiger partial charge in [0.2, 0.25) is 0 Å². The zero-order valence-corrected chi connectivity index (χ0v) is 10.8. The summed E-state index contributed by atoms with van der Waals surface area (Å²) in [5.41, 5.74) is 2.75. The predicted molar refractivity (Wildman–Crippen MR) is 74.3 cm³/mol. The zero-order chi connectivity index (χ0) is 12.8. The second kappa shape index (κ2) is 3.98. The summed E-state index contributed by atoms with van der Waals surface area (Å²) in [5.74, 6) is 0. The van der Waals surface area contributed by atoms with Gasteiger partial charge in [-0.3, -0.25) is 0 Å². The van der Waals surface area contributed by atoms with Crippen molar-refractivity contribution in [3.8, 4) is 0 Å². The minimum absolute atomic E-state index is 0.495. The van der Waals surface area contributed by atoms with Gasteiger partial charge in [-0.1, -0.05) is 66.2 Å². The van der Waals surface area contributed by atoms with Crippen molar-refractivity contribution in [3.05, 3.63) is 76.3 Å². The van der Waals surface area contributed by atoms with E-state index in [1.807, 2.05) is 54.6 Å². The van der Waals surface area contributed by atoms with Gasteiger partial charge in [-0.25, -0.2) is 0 Å². The summed E-state index contributed by atoms with van der Waals surface area (Å²) in [6.45, 7) is 1.74. The van der Waals surface area contributed by atoms with E-state index < -0.39 is 5.60 Å². The first kappa shape index (κ1) is 11.5. The average Bonchev–Trinajstić information content (AvgIpc) is 2.60. The number of halogens is 1. The smallest absolute Gasteiger partial charge is 0.123 e. The molecule has 1 aliphatic rings. The summed E-state index contributed by atoms with van der Waals surface area (Å²) < 4.78 is 0. The standard InChI is InChI=1S/C16H13ClO/c1-16(18)13-10-6-5-9-12(13)14(15(16)17)11-7-3-2-4-8-11/h2-10,18H,1H3. The molecule has 0 aliphatic heterocycles. The number of benzene rings is 2. The van der Waals surface area contributed by atoms with Gasteiger partial charge in [-0.05, 0) is 23.6 Å². The zero-order valence-electron chi connectivity index (χ0n) is 10.0. The number of hydrogen-bond acceptors (Lipinski definition) is 1. The van der Waals surface area contributed by atoms with Crippen LogP contribution in [-0.2, 0) is 5.60 Å². The van der Waals surface area contributed by atoms with Crippen LogP contribution in [0.25, 0.3) is 5.57 Å². The molecule has 18 heavy (non-hydrogen) atoms. The first-order valence-electron chi connectivity index (χ1n) is 5.90. The summed E-state index contributed by atoms with van der Waals surface area (Å²) in [7, 11) is 0. The lowest BCUT2D eigenvalue weighted by atomic mass is 9.97. The molecule has 2 aromatic carbocycles. The van der Waals surface area contributed by atoms with Gasteiger partial charge in [0, 0.05) is 5.57 Å². The molecule has 0 radical (unpaired) electrons. The van der Waals surface area contributed by atoms with Gasteiger partial charge in [0.15, 0.2) is 0 Å². The normalized spacial score (nSPS) is 22.2. The first-order chi connectivity index (χ1) is 8.62. The van der Waals surface area contributed by atoms with Crippen molar-refractivity contribution in [1.29, 1.82) is 0 Å². The number of aliphatic hydroxyl groups is 1. The fourth-order valence-corrected chi connectivity index (χ4v) is 2.81. The second-order valence-corrected chi connectivity index (χ2v) is 5.05. The summed E-state index contributed by atoms with van der Waals surface area (Å²) in [6.07, 6.45) is 0. The highest BCUT2D eigenvalue weighted by Crippen LogP contribution is 2.48. The van der Waals surface area contributed by atoms with Gasteiger partial charge >= 0.3 is 0 Å². The molecule has 90 valence electrons. The molecule has 0 fully saturated rings. The van der Waals surface area contributed by atoms with Crippen LogP contribution >= 0.6 is 11.6 Å². The van der Waals surface area contributed by atoms with E-state index >= 15 is 0 Å². The van der Waals surface area contributed by atoms with Crippen LogP contribution in [-0.4, -0.2) is 5.11 Å². The van der Waals surface area contributed by atoms with Crippen molar-refractivity contribution in [2.75, 3.05) is 0 Å². The van der Waals surface area contributed by atoms with Crippen LogP contribution in [0.4, 0.5) is 0 Å². The Morgan fingerprint density at radius 1 is 0.944 bits per heavy atom. The molecule has 1 nitrogen and oxygen atoms in total. The third-order valence-corrected chi connectivity index (χ3v) is 3.99. The Balaban J connectivity index is 2.30. The minimum atomic E-state index is -1.09. The summed E-state index contributed by atoms with van der Waals surface area (Å²) in [5, 5.41) is 11.1. The van der Waals surface area contributed by atoms with Crippen molar-refractivity contribution >= 4 is 17.2 Å². The predicted octanol–water partition coefficient (Wildman–Crippen LogP) is 3.91. The van der Waals surface area contributed by atoms with Gasteiger partial charge in [0.05, 0.1) is 5.03 Å². The van der Waals surface area contributed by atoms with Crippen molar-refractivity contribution < 1.29 is 5.11 Å². The average molecular weight is 257 g/mol. The maximum absolute atomic E-state index is 10.6. The number of rotatable bonds is 1. The SMILES string of the molecule is CC1(O)C(Cl)=C(c2ccccc2)c2ccccc21. The maximum atomic E-state index is 10.6. The fraction of sp³-hybridized carbons (Fsp3) is 0.125. The van der Waals surface area contributed by atoms with Crippen molar-refractivity contribution in [1.82, 2.24) is 0 Å². The molecule has 2 heteroatoms. The molecule has 2 aromatic rings. The highest BCUT2D eigenvalue weighted by molar-refractivity contribution is 6.35. The molecule has 0 spiro atoms. The van der Waals surface area contributed by atoms with Gasteiger partial charge < -0.3 is 5.11 Å². The lowest BCUT2D eigenvalue weighted by Gasteiger charge is -2.18. The second-order valence-electron chi connectivity index (χ2n) is 4.67. The molecule has 1 N–H and O–H groups in total. The van der Waals surface area contributed by atoms with E-state index in [2.05, 4.69) is 0 Å². The number of hydrogen-bond donors (Lipinski definition) is 1. The Hall–Kier alpha value is -1.57. The molecular formula is C16H13ClO. The van der Waals surface area contributed by atoms with E-state index in [0.29, 0.717) is 5.03 Å². The third-order valence-electron chi connectivity index (χ3n) is 3.43. The van der Waals surface area contributed by atoms with Crippen LogP contribution in [0, 0.1) is 0 Å². The molecule has 0 bridgehead atoms. The highest BCUT2D eigenvalue weighted by Gasteiger charge is 2.39. The maximum Gasteiger partial charge on any atom is 0.123 e. The van der Waals surface area contributed by atoms with E-state index in [-0.39, 0.29) is 0 Å². The molecule has 0 saturated heterocycles. The Labute approximate surface area is 111 Å². The van der Waals surface area contributed by atoms with Crippen LogP contribution in [0.5, 0.6) is 0 Å².